The van der Waals surface area contributed by atoms with Gasteiger partial charge in [-0.05, 0) is 30.7 Å². The molecule has 0 aliphatic rings. The van der Waals surface area contributed by atoms with Crippen molar-refractivity contribution >= 4 is 18.0 Å². The molecule has 0 bridgehead atoms. The Morgan fingerprint density at radius 3 is 2.41 bits per heavy atom. The monoisotopic (exact) mass is 302 g/mol. The van der Waals surface area contributed by atoms with Crippen molar-refractivity contribution < 1.29 is 19.1 Å². The Morgan fingerprint density at radius 2 is 1.91 bits per heavy atom. The van der Waals surface area contributed by atoms with Gasteiger partial charge in [0.2, 0.25) is 0 Å². The Kier molecular flexibility index (Phi) is 6.64. The second-order valence-electron chi connectivity index (χ2n) is 4.53. The molecule has 0 aromatic heterocycles. The van der Waals surface area contributed by atoms with Gasteiger partial charge in [-0.2, -0.15) is 5.26 Å². The van der Waals surface area contributed by atoms with Crippen molar-refractivity contribution in [1.29, 1.82) is 5.26 Å². The van der Waals surface area contributed by atoms with Crippen LogP contribution in [0.2, 0.25) is 0 Å². The number of likely N-dealkylation sites (N-methyl/N-ethyl adjacent to an activating group) is 1. The average Bonchev–Trinajstić information content (AvgIpc) is 2.51. The fourth-order valence-corrected chi connectivity index (χ4v) is 1.55. The van der Waals surface area contributed by atoms with Gasteiger partial charge in [-0.3, -0.25) is 4.79 Å². The first-order valence-corrected chi connectivity index (χ1v) is 6.69. The summed E-state index contributed by atoms with van der Waals surface area (Å²) in [5.41, 5.74) is 0.737. The van der Waals surface area contributed by atoms with Crippen LogP contribution >= 0.6 is 0 Å². The lowest BCUT2D eigenvalue weighted by Crippen LogP contribution is -2.22. The molecule has 1 rings (SSSR count). The summed E-state index contributed by atoms with van der Waals surface area (Å²) < 4.78 is 10.0. The normalized spacial score (nSPS) is 10.5. The molecule has 0 atom stereocenters. The van der Waals surface area contributed by atoms with Crippen molar-refractivity contribution in [2.24, 2.45) is 0 Å². The molecule has 0 aliphatic carbocycles. The molecule has 1 amide bonds. The maximum absolute atomic E-state index is 11.7. The van der Waals surface area contributed by atoms with Gasteiger partial charge < -0.3 is 14.4 Å². The number of esters is 1. The van der Waals surface area contributed by atoms with E-state index in [0.717, 1.165) is 0 Å². The number of benzene rings is 1. The largest absolute Gasteiger partial charge is 0.482 e. The third-order valence-electron chi connectivity index (χ3n) is 2.61. The Bertz CT molecular complexity index is 598. The van der Waals surface area contributed by atoms with Crippen LogP contribution < -0.4 is 4.74 Å². The van der Waals surface area contributed by atoms with E-state index in [4.69, 9.17) is 14.7 Å². The minimum atomic E-state index is -0.435. The number of amides is 1. The third kappa shape index (κ3) is 5.29. The summed E-state index contributed by atoms with van der Waals surface area (Å²) in [5.74, 6) is -0.289. The maximum atomic E-state index is 11.7. The molecule has 0 spiro atoms. The summed E-state index contributed by atoms with van der Waals surface area (Å²) in [7, 11) is 3.17. The molecule has 6 heteroatoms. The molecular weight excluding hydrogens is 284 g/mol. The quantitative estimate of drug-likeness (QED) is 0.453. The van der Waals surface area contributed by atoms with Crippen LogP contribution in [0, 0.1) is 11.3 Å². The molecule has 22 heavy (non-hydrogen) atoms. The van der Waals surface area contributed by atoms with Crippen molar-refractivity contribution in [3.63, 3.8) is 0 Å². The first-order valence-electron chi connectivity index (χ1n) is 6.69. The summed E-state index contributed by atoms with van der Waals surface area (Å²) in [6, 6.07) is 8.57. The number of nitrogens with zero attached hydrogens (tertiary/aromatic N) is 2. The van der Waals surface area contributed by atoms with Gasteiger partial charge >= 0.3 is 5.97 Å². The van der Waals surface area contributed by atoms with Gasteiger partial charge in [-0.15, -0.1) is 0 Å². The fraction of sp³-hybridized carbons (Fsp3) is 0.312. The molecule has 0 N–H and O–H groups in total. The van der Waals surface area contributed by atoms with E-state index in [-0.39, 0.29) is 18.1 Å². The van der Waals surface area contributed by atoms with Crippen molar-refractivity contribution in [2.45, 2.75) is 6.92 Å². The smallest absolute Gasteiger partial charge is 0.344 e. The molecular formula is C16H18N2O4. The predicted molar refractivity (Wildman–Crippen MR) is 80.9 cm³/mol. The molecule has 1 aromatic rings. The molecule has 0 heterocycles. The number of hydrogen-bond acceptors (Lipinski definition) is 5. The maximum Gasteiger partial charge on any atom is 0.344 e. The third-order valence-corrected chi connectivity index (χ3v) is 2.61. The second-order valence-corrected chi connectivity index (χ2v) is 4.53. The molecule has 116 valence electrons. The molecule has 0 saturated carbocycles. The fourth-order valence-electron chi connectivity index (χ4n) is 1.55. The van der Waals surface area contributed by atoms with Gasteiger partial charge in [0.15, 0.2) is 6.61 Å². The molecule has 6 nitrogen and oxygen atoms in total. The van der Waals surface area contributed by atoms with E-state index < -0.39 is 5.97 Å². The van der Waals surface area contributed by atoms with Crippen LogP contribution in [-0.4, -0.2) is 44.1 Å². The van der Waals surface area contributed by atoms with Gasteiger partial charge in [0, 0.05) is 14.1 Å². The number of ether oxygens (including phenoxy) is 2. The summed E-state index contributed by atoms with van der Waals surface area (Å²) in [5, 5.41) is 9.02. The molecule has 0 fully saturated rings. The zero-order valence-electron chi connectivity index (χ0n) is 12.8. The van der Waals surface area contributed by atoms with E-state index in [0.29, 0.717) is 17.9 Å². The number of rotatable bonds is 6. The Morgan fingerprint density at radius 1 is 1.27 bits per heavy atom. The van der Waals surface area contributed by atoms with E-state index in [1.807, 2.05) is 6.07 Å². The zero-order chi connectivity index (χ0) is 16.5. The summed E-state index contributed by atoms with van der Waals surface area (Å²) in [6.07, 6.45) is 1.50. The SMILES string of the molecule is CCOC(=O)COc1ccc(/C=C(/C#N)C(=O)N(C)C)cc1. The number of nitriles is 1. The van der Waals surface area contributed by atoms with Crippen LogP contribution in [-0.2, 0) is 14.3 Å². The highest BCUT2D eigenvalue weighted by atomic mass is 16.6. The van der Waals surface area contributed by atoms with Crippen molar-refractivity contribution in [3.05, 3.63) is 35.4 Å². The van der Waals surface area contributed by atoms with Crippen LogP contribution in [0.3, 0.4) is 0 Å². The Balaban J connectivity index is 2.74. The molecule has 0 aliphatic heterocycles. The standard InChI is InChI=1S/C16H18N2O4/c1-4-21-15(19)11-22-14-7-5-12(6-8-14)9-13(10-17)16(20)18(2)3/h5-9H,4,11H2,1-3H3/b13-9-. The number of hydrogen-bond donors (Lipinski definition) is 0. The molecule has 0 saturated heterocycles. The van der Waals surface area contributed by atoms with Crippen molar-refractivity contribution in [1.82, 2.24) is 4.90 Å². The first kappa shape index (κ1) is 17.2. The summed E-state index contributed by atoms with van der Waals surface area (Å²) in [4.78, 5) is 24.3. The minimum Gasteiger partial charge on any atom is -0.482 e. The second kappa shape index (κ2) is 8.47. The predicted octanol–water partition coefficient (Wildman–Crippen LogP) is 1.62. The lowest BCUT2D eigenvalue weighted by Gasteiger charge is -2.09. The molecule has 0 radical (unpaired) electrons. The molecule has 1 aromatic carbocycles. The van der Waals surface area contributed by atoms with E-state index in [2.05, 4.69) is 0 Å². The minimum absolute atomic E-state index is 0.0465. The molecule has 0 unspecified atom stereocenters. The highest BCUT2D eigenvalue weighted by Crippen LogP contribution is 2.15. The van der Waals surface area contributed by atoms with E-state index in [9.17, 15) is 9.59 Å². The van der Waals surface area contributed by atoms with Gasteiger partial charge in [-0.25, -0.2) is 4.79 Å². The van der Waals surface area contributed by atoms with Crippen LogP contribution in [0.1, 0.15) is 12.5 Å². The van der Waals surface area contributed by atoms with Gasteiger partial charge in [0.1, 0.15) is 17.4 Å². The lowest BCUT2D eigenvalue weighted by molar-refractivity contribution is -0.145. The van der Waals surface area contributed by atoms with E-state index in [1.165, 1.54) is 11.0 Å². The van der Waals surface area contributed by atoms with Gasteiger partial charge in [0.05, 0.1) is 6.61 Å². The van der Waals surface area contributed by atoms with E-state index in [1.54, 1.807) is 45.3 Å². The topological polar surface area (TPSA) is 79.6 Å². The highest BCUT2D eigenvalue weighted by Gasteiger charge is 2.10. The van der Waals surface area contributed by atoms with Gasteiger partial charge in [0.25, 0.3) is 5.91 Å². The van der Waals surface area contributed by atoms with Crippen LogP contribution in [0.5, 0.6) is 5.75 Å². The Labute approximate surface area is 129 Å². The zero-order valence-corrected chi connectivity index (χ0v) is 12.8. The van der Waals surface area contributed by atoms with Crippen molar-refractivity contribution in [2.75, 3.05) is 27.3 Å². The highest BCUT2D eigenvalue weighted by molar-refractivity contribution is 6.01. The number of carbonyl (C=O) groups excluding carboxylic acids is 2. The summed E-state index contributed by atoms with van der Waals surface area (Å²) >= 11 is 0. The Hall–Kier alpha value is -2.81. The van der Waals surface area contributed by atoms with Crippen LogP contribution in [0.15, 0.2) is 29.8 Å². The van der Waals surface area contributed by atoms with E-state index >= 15 is 0 Å². The van der Waals surface area contributed by atoms with Gasteiger partial charge in [-0.1, -0.05) is 12.1 Å². The number of carbonyl (C=O) groups is 2. The van der Waals surface area contributed by atoms with Crippen LogP contribution in [0.25, 0.3) is 6.08 Å². The summed E-state index contributed by atoms with van der Waals surface area (Å²) in [6.45, 7) is 1.87. The average molecular weight is 302 g/mol. The first-order chi connectivity index (χ1) is 10.5. The lowest BCUT2D eigenvalue weighted by atomic mass is 10.1. The van der Waals surface area contributed by atoms with Crippen molar-refractivity contribution in [3.8, 4) is 11.8 Å². The van der Waals surface area contributed by atoms with Crippen LogP contribution in [0.4, 0.5) is 0 Å².